The summed E-state index contributed by atoms with van der Waals surface area (Å²) < 4.78 is 22.6. The van der Waals surface area contributed by atoms with Crippen LogP contribution in [0.4, 0.5) is 0 Å². The summed E-state index contributed by atoms with van der Waals surface area (Å²) in [6.07, 6.45) is 0. The summed E-state index contributed by atoms with van der Waals surface area (Å²) in [5.74, 6) is 2.99. The zero-order valence-electron chi connectivity index (χ0n) is 20.2. The number of carbonyl (C=O) groups is 1. The maximum Gasteiger partial charge on any atom is 0.253 e. The van der Waals surface area contributed by atoms with Crippen molar-refractivity contribution < 1.29 is 23.7 Å². The van der Waals surface area contributed by atoms with Gasteiger partial charge in [-0.15, -0.1) is 0 Å². The van der Waals surface area contributed by atoms with Crippen molar-refractivity contribution in [1.82, 2.24) is 9.80 Å². The lowest BCUT2D eigenvalue weighted by Gasteiger charge is -2.35. The van der Waals surface area contributed by atoms with Crippen LogP contribution >= 0.6 is 11.6 Å². The van der Waals surface area contributed by atoms with Crippen LogP contribution in [0.3, 0.4) is 0 Å². The molecule has 0 aliphatic carbocycles. The molecule has 36 heavy (non-hydrogen) atoms. The van der Waals surface area contributed by atoms with Crippen LogP contribution in [0.2, 0.25) is 5.02 Å². The molecule has 3 aromatic carbocycles. The average Bonchev–Trinajstić information content (AvgIpc) is 3.36. The largest absolute Gasteiger partial charge is 0.493 e. The number of halogens is 1. The molecule has 8 heteroatoms. The van der Waals surface area contributed by atoms with E-state index in [1.807, 2.05) is 54.3 Å². The summed E-state index contributed by atoms with van der Waals surface area (Å²) in [6.45, 7) is 6.79. The third-order valence-corrected chi connectivity index (χ3v) is 6.54. The highest BCUT2D eigenvalue weighted by Gasteiger charge is 2.24. The first-order valence-electron chi connectivity index (χ1n) is 12.1. The van der Waals surface area contributed by atoms with E-state index in [1.165, 1.54) is 5.56 Å². The molecule has 0 bridgehead atoms. The van der Waals surface area contributed by atoms with Crippen molar-refractivity contribution in [2.24, 2.45) is 0 Å². The van der Waals surface area contributed by atoms with Gasteiger partial charge >= 0.3 is 0 Å². The Bertz CT molecular complexity index is 1230. The van der Waals surface area contributed by atoms with Crippen LogP contribution in [0.15, 0.2) is 60.7 Å². The predicted octanol–water partition coefficient (Wildman–Crippen LogP) is 5.00. The molecule has 0 atom stereocenters. The van der Waals surface area contributed by atoms with Crippen LogP contribution in [-0.4, -0.2) is 55.3 Å². The van der Waals surface area contributed by atoms with E-state index in [1.54, 1.807) is 12.1 Å². The molecule has 7 nitrogen and oxygen atoms in total. The van der Waals surface area contributed by atoms with Gasteiger partial charge in [0.2, 0.25) is 6.79 Å². The Hall–Kier alpha value is -3.42. The lowest BCUT2D eigenvalue weighted by atomic mass is 10.1. The predicted molar refractivity (Wildman–Crippen MR) is 137 cm³/mol. The molecule has 0 saturated carbocycles. The van der Waals surface area contributed by atoms with E-state index in [2.05, 4.69) is 11.0 Å². The number of hydrogen-bond acceptors (Lipinski definition) is 6. The van der Waals surface area contributed by atoms with E-state index >= 15 is 0 Å². The fourth-order valence-corrected chi connectivity index (χ4v) is 4.61. The number of rotatable bonds is 8. The van der Waals surface area contributed by atoms with Crippen molar-refractivity contribution in [3.8, 4) is 23.0 Å². The molecule has 188 valence electrons. The highest BCUT2D eigenvalue weighted by Crippen LogP contribution is 2.33. The fourth-order valence-electron chi connectivity index (χ4n) is 4.43. The first-order chi connectivity index (χ1) is 17.6. The summed E-state index contributed by atoms with van der Waals surface area (Å²) in [7, 11) is 0. The van der Waals surface area contributed by atoms with Gasteiger partial charge in [-0.1, -0.05) is 23.7 Å². The minimum absolute atomic E-state index is 0.0183. The Morgan fingerprint density at radius 1 is 0.944 bits per heavy atom. The first kappa shape index (κ1) is 24.3. The van der Waals surface area contributed by atoms with Gasteiger partial charge in [0.15, 0.2) is 11.5 Å². The second kappa shape index (κ2) is 11.1. The third kappa shape index (κ3) is 5.69. The van der Waals surface area contributed by atoms with E-state index in [9.17, 15) is 4.79 Å². The summed E-state index contributed by atoms with van der Waals surface area (Å²) in [4.78, 5) is 17.6. The van der Waals surface area contributed by atoms with Gasteiger partial charge in [0, 0.05) is 48.9 Å². The van der Waals surface area contributed by atoms with Gasteiger partial charge in [0.1, 0.15) is 18.1 Å². The smallest absolute Gasteiger partial charge is 0.253 e. The molecule has 5 rings (SSSR count). The van der Waals surface area contributed by atoms with Crippen LogP contribution in [0, 0.1) is 0 Å². The topological polar surface area (TPSA) is 60.5 Å². The Balaban J connectivity index is 1.21. The fraction of sp³-hybridized carbons (Fsp3) is 0.321. The number of carbonyl (C=O) groups excluding carboxylic acids is 1. The molecule has 0 unspecified atom stereocenters. The van der Waals surface area contributed by atoms with Gasteiger partial charge in [-0.05, 0) is 61.0 Å². The Labute approximate surface area is 216 Å². The number of ether oxygens (including phenoxy) is 4. The molecule has 3 aromatic rings. The summed E-state index contributed by atoms with van der Waals surface area (Å²) in [6, 6.07) is 18.9. The summed E-state index contributed by atoms with van der Waals surface area (Å²) in [5.41, 5.74) is 2.63. The Morgan fingerprint density at radius 2 is 1.78 bits per heavy atom. The van der Waals surface area contributed by atoms with Crippen LogP contribution < -0.4 is 18.9 Å². The number of nitrogens with zero attached hydrogens (tertiary/aromatic N) is 2. The monoisotopic (exact) mass is 508 g/mol. The molecule has 0 N–H and O–H groups in total. The van der Waals surface area contributed by atoms with E-state index in [4.69, 9.17) is 30.5 Å². The molecule has 2 heterocycles. The summed E-state index contributed by atoms with van der Waals surface area (Å²) in [5, 5.41) is 0.610. The lowest BCUT2D eigenvalue weighted by Crippen LogP contribution is -2.48. The van der Waals surface area contributed by atoms with Crippen LogP contribution in [0.5, 0.6) is 23.0 Å². The van der Waals surface area contributed by atoms with Crippen molar-refractivity contribution in [2.45, 2.75) is 20.1 Å². The quantitative estimate of drug-likeness (QED) is 0.426. The SMILES string of the molecule is CCOc1ccc(C(=O)N2CCN(Cc3ccc4c(c3)OCO4)CC2)cc1COc1cccc(Cl)c1. The number of piperazine rings is 1. The van der Waals surface area contributed by atoms with Gasteiger partial charge in [0.05, 0.1) is 6.61 Å². The minimum atomic E-state index is 0.0183. The maximum absolute atomic E-state index is 13.3. The molecule has 1 amide bonds. The number of benzene rings is 3. The van der Waals surface area contributed by atoms with Crippen LogP contribution in [0.1, 0.15) is 28.4 Å². The third-order valence-electron chi connectivity index (χ3n) is 6.30. The Morgan fingerprint density at radius 3 is 2.58 bits per heavy atom. The van der Waals surface area contributed by atoms with Crippen molar-refractivity contribution in [2.75, 3.05) is 39.6 Å². The van der Waals surface area contributed by atoms with Gasteiger partial charge < -0.3 is 23.8 Å². The average molecular weight is 509 g/mol. The number of hydrogen-bond donors (Lipinski definition) is 0. The molecule has 2 aliphatic heterocycles. The molecular weight excluding hydrogens is 480 g/mol. The normalized spacial score (nSPS) is 15.1. The van der Waals surface area contributed by atoms with Gasteiger partial charge in [0.25, 0.3) is 5.91 Å². The van der Waals surface area contributed by atoms with Crippen molar-refractivity contribution >= 4 is 17.5 Å². The molecule has 0 spiro atoms. The van der Waals surface area contributed by atoms with Gasteiger partial charge in [-0.3, -0.25) is 9.69 Å². The molecule has 0 radical (unpaired) electrons. The van der Waals surface area contributed by atoms with Crippen molar-refractivity contribution in [3.63, 3.8) is 0 Å². The Kier molecular flexibility index (Phi) is 7.49. The number of amides is 1. The highest BCUT2D eigenvalue weighted by atomic mass is 35.5. The van der Waals surface area contributed by atoms with Gasteiger partial charge in [-0.25, -0.2) is 0 Å². The molecule has 2 aliphatic rings. The van der Waals surface area contributed by atoms with Crippen LogP contribution in [0.25, 0.3) is 0 Å². The molecular formula is C28H29ClN2O5. The summed E-state index contributed by atoms with van der Waals surface area (Å²) >= 11 is 6.07. The highest BCUT2D eigenvalue weighted by molar-refractivity contribution is 6.30. The molecule has 1 saturated heterocycles. The van der Waals surface area contributed by atoms with Gasteiger partial charge in [-0.2, -0.15) is 0 Å². The minimum Gasteiger partial charge on any atom is -0.493 e. The van der Waals surface area contributed by atoms with E-state index in [-0.39, 0.29) is 19.3 Å². The zero-order chi connectivity index (χ0) is 24.9. The molecule has 0 aromatic heterocycles. The van der Waals surface area contributed by atoms with E-state index in [0.29, 0.717) is 41.8 Å². The second-order valence-electron chi connectivity index (χ2n) is 8.76. The maximum atomic E-state index is 13.3. The molecule has 1 fully saturated rings. The number of fused-ring (bicyclic) bond motifs is 1. The first-order valence-corrected chi connectivity index (χ1v) is 12.5. The lowest BCUT2D eigenvalue weighted by molar-refractivity contribution is 0.0628. The zero-order valence-corrected chi connectivity index (χ0v) is 21.0. The van der Waals surface area contributed by atoms with Crippen molar-refractivity contribution in [1.29, 1.82) is 0 Å². The second-order valence-corrected chi connectivity index (χ2v) is 9.19. The van der Waals surface area contributed by atoms with E-state index in [0.717, 1.165) is 36.7 Å². The standard InChI is InChI=1S/C28H29ClN2O5/c1-2-33-25-9-7-21(15-22(25)18-34-24-5-3-4-23(29)16-24)28(32)31-12-10-30(11-13-31)17-20-6-8-26-27(14-20)36-19-35-26/h3-9,14-16H,2,10-13,17-19H2,1H3. The van der Waals surface area contributed by atoms with Crippen LogP contribution in [-0.2, 0) is 13.2 Å². The van der Waals surface area contributed by atoms with Crippen molar-refractivity contribution in [3.05, 3.63) is 82.4 Å². The van der Waals surface area contributed by atoms with E-state index < -0.39 is 0 Å².